The lowest BCUT2D eigenvalue weighted by molar-refractivity contribution is -0.147. The zero-order valence-electron chi connectivity index (χ0n) is 16.0. The zero-order chi connectivity index (χ0) is 20.1. The van der Waals surface area contributed by atoms with E-state index in [1.54, 1.807) is 36.3 Å². The van der Waals surface area contributed by atoms with Crippen molar-refractivity contribution >= 4 is 17.6 Å². The van der Waals surface area contributed by atoms with Crippen molar-refractivity contribution < 1.29 is 29.0 Å². The largest absolute Gasteiger partial charge is 0.497 e. The molecule has 2 aliphatic rings. The molecule has 2 saturated heterocycles. The first-order valence-electron chi connectivity index (χ1n) is 9.55. The zero-order valence-corrected chi connectivity index (χ0v) is 16.0. The average Bonchev–Trinajstić information content (AvgIpc) is 3.41. The van der Waals surface area contributed by atoms with E-state index >= 15 is 0 Å². The number of carbonyl (C=O) groups is 3. The summed E-state index contributed by atoms with van der Waals surface area (Å²) in [6.07, 6.45) is 2.59. The molecule has 0 aliphatic carbocycles. The van der Waals surface area contributed by atoms with Crippen LogP contribution in [-0.2, 0) is 14.4 Å². The molecule has 8 nitrogen and oxygen atoms in total. The van der Waals surface area contributed by atoms with Crippen molar-refractivity contribution in [2.75, 3.05) is 33.4 Å². The lowest BCUT2D eigenvalue weighted by Crippen LogP contribution is -2.52. The van der Waals surface area contributed by atoms with E-state index < -0.39 is 18.7 Å². The number of hydrogen-bond acceptors (Lipinski definition) is 6. The first-order valence-corrected chi connectivity index (χ1v) is 9.55. The van der Waals surface area contributed by atoms with Crippen LogP contribution in [0.4, 0.5) is 0 Å². The summed E-state index contributed by atoms with van der Waals surface area (Å²) in [5.74, 6) is 0.436. The molecular formula is C20H26N2O6. The van der Waals surface area contributed by atoms with Crippen LogP contribution in [0, 0.1) is 0 Å². The molecule has 28 heavy (non-hydrogen) atoms. The van der Waals surface area contributed by atoms with Crippen LogP contribution in [0.3, 0.4) is 0 Å². The van der Waals surface area contributed by atoms with Gasteiger partial charge in [0.25, 0.3) is 5.91 Å². The maximum Gasteiger partial charge on any atom is 0.261 e. The average molecular weight is 390 g/mol. The third-order valence-electron chi connectivity index (χ3n) is 5.34. The van der Waals surface area contributed by atoms with Gasteiger partial charge >= 0.3 is 0 Å². The van der Waals surface area contributed by atoms with E-state index in [1.165, 1.54) is 4.90 Å². The number of aliphatic hydroxyl groups excluding tert-OH is 1. The Morgan fingerprint density at radius 1 is 1.00 bits per heavy atom. The third kappa shape index (κ3) is 4.27. The summed E-state index contributed by atoms with van der Waals surface area (Å²) in [6.45, 7) is 0.246. The number of ether oxygens (including phenoxy) is 2. The molecule has 2 amide bonds. The summed E-state index contributed by atoms with van der Waals surface area (Å²) in [4.78, 5) is 40.6. The highest BCUT2D eigenvalue weighted by Crippen LogP contribution is 2.25. The van der Waals surface area contributed by atoms with Crippen molar-refractivity contribution in [3.63, 3.8) is 0 Å². The summed E-state index contributed by atoms with van der Waals surface area (Å²) in [5.41, 5.74) is 0. The van der Waals surface area contributed by atoms with E-state index in [2.05, 4.69) is 0 Å². The predicted molar refractivity (Wildman–Crippen MR) is 100 cm³/mol. The smallest absolute Gasteiger partial charge is 0.261 e. The maximum atomic E-state index is 13.0. The standard InChI is InChI=1S/C20H26N2O6/c1-27-14-6-8-15(9-7-14)28-13-19(25)21-10-3-5-17(21)20(26)22-11-2-4-16(22)18(24)12-23/h6-9,16-17,23H,2-5,10-13H2,1H3. The highest BCUT2D eigenvalue weighted by molar-refractivity contribution is 5.94. The fourth-order valence-electron chi connectivity index (χ4n) is 3.88. The Kier molecular flexibility index (Phi) is 6.51. The van der Waals surface area contributed by atoms with E-state index in [0.29, 0.717) is 37.4 Å². The molecule has 2 heterocycles. The minimum atomic E-state index is -0.578. The molecular weight excluding hydrogens is 364 g/mol. The van der Waals surface area contributed by atoms with Gasteiger partial charge in [-0.15, -0.1) is 0 Å². The maximum absolute atomic E-state index is 13.0. The van der Waals surface area contributed by atoms with Crippen LogP contribution in [-0.4, -0.2) is 78.0 Å². The Bertz CT molecular complexity index is 720. The molecule has 0 spiro atoms. The quantitative estimate of drug-likeness (QED) is 0.733. The summed E-state index contributed by atoms with van der Waals surface area (Å²) in [6, 6.07) is 5.77. The first kappa shape index (κ1) is 20.1. The molecule has 3 rings (SSSR count). The molecule has 2 aliphatic heterocycles. The Balaban J connectivity index is 1.60. The van der Waals surface area contributed by atoms with Gasteiger partial charge in [-0.1, -0.05) is 0 Å². The van der Waals surface area contributed by atoms with Crippen molar-refractivity contribution in [1.82, 2.24) is 9.80 Å². The normalized spacial score (nSPS) is 21.6. The molecule has 0 radical (unpaired) electrons. The molecule has 2 unspecified atom stereocenters. The number of benzene rings is 1. The first-order chi connectivity index (χ1) is 13.5. The van der Waals surface area contributed by atoms with E-state index in [4.69, 9.17) is 14.6 Å². The second-order valence-electron chi connectivity index (χ2n) is 7.02. The Morgan fingerprint density at radius 3 is 2.25 bits per heavy atom. The van der Waals surface area contributed by atoms with Gasteiger partial charge < -0.3 is 24.4 Å². The van der Waals surface area contributed by atoms with Crippen LogP contribution >= 0.6 is 0 Å². The van der Waals surface area contributed by atoms with Crippen LogP contribution < -0.4 is 9.47 Å². The molecule has 0 bridgehead atoms. The van der Waals surface area contributed by atoms with Crippen molar-refractivity contribution in [2.24, 2.45) is 0 Å². The van der Waals surface area contributed by atoms with E-state index in [9.17, 15) is 14.4 Å². The van der Waals surface area contributed by atoms with Gasteiger partial charge in [-0.2, -0.15) is 0 Å². The molecule has 8 heteroatoms. The van der Waals surface area contributed by atoms with Gasteiger partial charge in [0.2, 0.25) is 5.91 Å². The highest BCUT2D eigenvalue weighted by atomic mass is 16.5. The van der Waals surface area contributed by atoms with Gasteiger partial charge in [0, 0.05) is 13.1 Å². The van der Waals surface area contributed by atoms with Crippen LogP contribution in [0.5, 0.6) is 11.5 Å². The minimum Gasteiger partial charge on any atom is -0.497 e. The molecule has 2 atom stereocenters. The molecule has 1 N–H and O–H groups in total. The lowest BCUT2D eigenvalue weighted by Gasteiger charge is -2.30. The topological polar surface area (TPSA) is 96.4 Å². The fraction of sp³-hybridized carbons (Fsp3) is 0.550. The van der Waals surface area contributed by atoms with Gasteiger partial charge in [-0.25, -0.2) is 0 Å². The third-order valence-corrected chi connectivity index (χ3v) is 5.34. The second-order valence-corrected chi connectivity index (χ2v) is 7.02. The van der Waals surface area contributed by atoms with Gasteiger partial charge in [0.05, 0.1) is 13.2 Å². The van der Waals surface area contributed by atoms with E-state index in [1.807, 2.05) is 0 Å². The van der Waals surface area contributed by atoms with Gasteiger partial charge in [-0.05, 0) is 49.9 Å². The lowest BCUT2D eigenvalue weighted by atomic mass is 10.1. The number of hydrogen-bond donors (Lipinski definition) is 1. The van der Waals surface area contributed by atoms with Gasteiger partial charge in [0.15, 0.2) is 12.4 Å². The number of nitrogens with zero attached hydrogens (tertiary/aromatic N) is 2. The van der Waals surface area contributed by atoms with Crippen molar-refractivity contribution in [2.45, 2.75) is 37.8 Å². The number of rotatable bonds is 7. The Hall–Kier alpha value is -2.61. The number of methoxy groups -OCH3 is 1. The Morgan fingerprint density at radius 2 is 1.61 bits per heavy atom. The van der Waals surface area contributed by atoms with Crippen LogP contribution in [0.25, 0.3) is 0 Å². The van der Waals surface area contributed by atoms with Crippen molar-refractivity contribution in [3.8, 4) is 11.5 Å². The monoisotopic (exact) mass is 390 g/mol. The van der Waals surface area contributed by atoms with Crippen molar-refractivity contribution in [3.05, 3.63) is 24.3 Å². The summed E-state index contributed by atoms with van der Waals surface area (Å²) in [7, 11) is 1.57. The molecule has 2 fully saturated rings. The van der Waals surface area contributed by atoms with Crippen LogP contribution in [0.2, 0.25) is 0 Å². The number of Topliss-reactive ketones (excluding diaryl/α,β-unsaturated/α-hetero) is 1. The second kappa shape index (κ2) is 9.05. The number of aliphatic hydroxyl groups is 1. The Labute approximate surface area is 164 Å². The van der Waals surface area contributed by atoms with Gasteiger partial charge in [-0.3, -0.25) is 14.4 Å². The summed E-state index contributed by atoms with van der Waals surface area (Å²) in [5, 5.41) is 9.14. The molecule has 1 aromatic carbocycles. The SMILES string of the molecule is COc1ccc(OCC(=O)N2CCCC2C(=O)N2CCCC2C(=O)CO)cc1. The number of likely N-dealkylation sites (tertiary alicyclic amines) is 2. The van der Waals surface area contributed by atoms with Gasteiger partial charge in [0.1, 0.15) is 24.1 Å². The number of amides is 2. The highest BCUT2D eigenvalue weighted by Gasteiger charge is 2.41. The van der Waals surface area contributed by atoms with Crippen LogP contribution in [0.1, 0.15) is 25.7 Å². The number of ketones is 1. The summed E-state index contributed by atoms with van der Waals surface area (Å²) >= 11 is 0. The van der Waals surface area contributed by atoms with E-state index in [0.717, 1.165) is 12.8 Å². The van der Waals surface area contributed by atoms with Crippen molar-refractivity contribution in [1.29, 1.82) is 0 Å². The van der Waals surface area contributed by atoms with E-state index in [-0.39, 0.29) is 24.2 Å². The molecule has 0 aromatic heterocycles. The summed E-state index contributed by atoms with van der Waals surface area (Å²) < 4.78 is 10.6. The molecule has 0 saturated carbocycles. The predicted octanol–water partition coefficient (Wildman–Crippen LogP) is 0.617. The molecule has 152 valence electrons. The molecule has 1 aromatic rings. The minimum absolute atomic E-state index is 0.158. The fourth-order valence-corrected chi connectivity index (χ4v) is 3.88. The van der Waals surface area contributed by atoms with Crippen LogP contribution in [0.15, 0.2) is 24.3 Å². The number of carbonyl (C=O) groups excluding carboxylic acids is 3.